The van der Waals surface area contributed by atoms with E-state index in [1.54, 1.807) is 31.4 Å². The molecule has 1 heterocycles. The third kappa shape index (κ3) is 3.71. The highest BCUT2D eigenvalue weighted by atomic mass is 16.5. The van der Waals surface area contributed by atoms with E-state index in [-0.39, 0.29) is 18.4 Å². The number of nitrogens with one attached hydrogen (secondary N) is 1. The number of likely N-dealkylation sites (tertiary alicyclic amines) is 1. The summed E-state index contributed by atoms with van der Waals surface area (Å²) in [5.74, 6) is -0.556. The van der Waals surface area contributed by atoms with Crippen molar-refractivity contribution in [3.8, 4) is 5.75 Å². The maximum Gasteiger partial charge on any atom is 0.307 e. The molecular formula is C14H18N2O4. The number of ether oxygens (including phenoxy) is 1. The summed E-state index contributed by atoms with van der Waals surface area (Å²) in [6, 6.07) is 7.07. The highest BCUT2D eigenvalue weighted by Crippen LogP contribution is 2.17. The molecule has 0 spiro atoms. The molecule has 0 aromatic heterocycles. The van der Waals surface area contributed by atoms with Crippen LogP contribution in [-0.2, 0) is 9.59 Å². The number of methoxy groups -OCH3 is 1. The molecule has 0 aliphatic carbocycles. The first kappa shape index (κ1) is 14.3. The van der Waals surface area contributed by atoms with Crippen molar-refractivity contribution in [2.75, 3.05) is 32.1 Å². The summed E-state index contributed by atoms with van der Waals surface area (Å²) < 4.78 is 5.04. The molecule has 0 radical (unpaired) electrons. The van der Waals surface area contributed by atoms with Gasteiger partial charge in [-0.1, -0.05) is 0 Å². The van der Waals surface area contributed by atoms with Crippen LogP contribution in [0.2, 0.25) is 0 Å². The predicted molar refractivity (Wildman–Crippen MR) is 73.8 cm³/mol. The highest BCUT2D eigenvalue weighted by molar-refractivity contribution is 5.92. The lowest BCUT2D eigenvalue weighted by Gasteiger charge is -2.14. The van der Waals surface area contributed by atoms with Crippen molar-refractivity contribution < 1.29 is 19.4 Å². The zero-order valence-corrected chi connectivity index (χ0v) is 11.3. The molecule has 1 aromatic carbocycles. The molecule has 108 valence electrons. The quantitative estimate of drug-likeness (QED) is 0.841. The van der Waals surface area contributed by atoms with Crippen LogP contribution in [0.3, 0.4) is 0 Å². The van der Waals surface area contributed by atoms with Crippen LogP contribution in [0.25, 0.3) is 0 Å². The van der Waals surface area contributed by atoms with Crippen LogP contribution in [0.15, 0.2) is 24.3 Å². The topological polar surface area (TPSA) is 78.9 Å². The number of hydrogen-bond acceptors (Lipinski definition) is 4. The molecule has 1 atom stereocenters. The van der Waals surface area contributed by atoms with Gasteiger partial charge in [0.15, 0.2) is 0 Å². The normalized spacial score (nSPS) is 18.8. The van der Waals surface area contributed by atoms with Crippen molar-refractivity contribution in [3.05, 3.63) is 24.3 Å². The predicted octanol–water partition coefficient (Wildman–Crippen LogP) is 1.04. The summed E-state index contributed by atoms with van der Waals surface area (Å²) in [5.41, 5.74) is 0.699. The molecule has 1 aromatic rings. The smallest absolute Gasteiger partial charge is 0.307 e. The Balaban J connectivity index is 1.82. The van der Waals surface area contributed by atoms with Gasteiger partial charge in [0.25, 0.3) is 0 Å². The Morgan fingerprint density at radius 2 is 2.10 bits per heavy atom. The first-order valence-corrected chi connectivity index (χ1v) is 6.47. The van der Waals surface area contributed by atoms with Crippen LogP contribution >= 0.6 is 0 Å². The Labute approximate surface area is 117 Å². The number of rotatable bonds is 5. The third-order valence-corrected chi connectivity index (χ3v) is 3.36. The molecule has 6 nitrogen and oxygen atoms in total. The highest BCUT2D eigenvalue weighted by Gasteiger charge is 2.28. The van der Waals surface area contributed by atoms with Gasteiger partial charge in [-0.2, -0.15) is 0 Å². The second kappa shape index (κ2) is 6.38. The summed E-state index contributed by atoms with van der Waals surface area (Å²) in [6.45, 7) is 1.30. The standard InChI is InChI=1S/C14H18N2O4/c1-20-12-4-2-11(3-5-12)15-13(17)9-16-7-6-10(8-16)14(18)19/h2-5,10H,6-9H2,1H3,(H,15,17)(H,18,19). The lowest BCUT2D eigenvalue weighted by atomic mass is 10.1. The Kier molecular flexibility index (Phi) is 4.57. The average Bonchev–Trinajstić information content (AvgIpc) is 2.88. The van der Waals surface area contributed by atoms with Crippen molar-refractivity contribution in [1.29, 1.82) is 0 Å². The molecule has 1 amide bonds. The fraction of sp³-hybridized carbons (Fsp3) is 0.429. The van der Waals surface area contributed by atoms with E-state index in [9.17, 15) is 9.59 Å². The number of carbonyl (C=O) groups excluding carboxylic acids is 1. The molecule has 1 unspecified atom stereocenters. The maximum absolute atomic E-state index is 11.9. The van der Waals surface area contributed by atoms with E-state index in [0.29, 0.717) is 25.2 Å². The minimum Gasteiger partial charge on any atom is -0.497 e. The van der Waals surface area contributed by atoms with Crippen molar-refractivity contribution >= 4 is 17.6 Å². The number of carbonyl (C=O) groups is 2. The third-order valence-electron chi connectivity index (χ3n) is 3.36. The lowest BCUT2D eigenvalue weighted by Crippen LogP contribution is -2.32. The van der Waals surface area contributed by atoms with E-state index in [2.05, 4.69) is 5.32 Å². The van der Waals surface area contributed by atoms with Gasteiger partial charge in [0.1, 0.15) is 5.75 Å². The molecule has 0 bridgehead atoms. The molecule has 0 saturated carbocycles. The minimum absolute atomic E-state index is 0.138. The Morgan fingerprint density at radius 3 is 2.65 bits per heavy atom. The van der Waals surface area contributed by atoms with Gasteiger partial charge in [-0.15, -0.1) is 0 Å². The van der Waals surface area contributed by atoms with E-state index in [1.165, 1.54) is 0 Å². The van der Waals surface area contributed by atoms with Crippen LogP contribution in [0, 0.1) is 5.92 Å². The number of carboxylic acid groups (broad SMARTS) is 1. The minimum atomic E-state index is -0.789. The zero-order valence-electron chi connectivity index (χ0n) is 11.3. The van der Waals surface area contributed by atoms with Gasteiger partial charge in [0.05, 0.1) is 19.6 Å². The van der Waals surface area contributed by atoms with E-state index < -0.39 is 5.97 Å². The number of hydrogen-bond donors (Lipinski definition) is 2. The Bertz CT molecular complexity index is 486. The molecule has 1 saturated heterocycles. The Morgan fingerprint density at radius 1 is 1.40 bits per heavy atom. The van der Waals surface area contributed by atoms with Crippen molar-refractivity contribution in [3.63, 3.8) is 0 Å². The molecule has 2 N–H and O–H groups in total. The van der Waals surface area contributed by atoms with E-state index in [1.807, 2.05) is 4.90 Å². The molecule has 1 fully saturated rings. The summed E-state index contributed by atoms with van der Waals surface area (Å²) in [5, 5.41) is 11.7. The second-order valence-electron chi connectivity index (χ2n) is 4.84. The fourth-order valence-electron chi connectivity index (χ4n) is 2.26. The summed E-state index contributed by atoms with van der Waals surface area (Å²) >= 11 is 0. The van der Waals surface area contributed by atoms with E-state index in [0.717, 1.165) is 5.75 Å². The largest absolute Gasteiger partial charge is 0.497 e. The number of benzene rings is 1. The van der Waals surface area contributed by atoms with Gasteiger partial charge in [0, 0.05) is 12.2 Å². The maximum atomic E-state index is 11.9. The molecule has 6 heteroatoms. The van der Waals surface area contributed by atoms with Gasteiger partial charge in [-0.05, 0) is 37.2 Å². The van der Waals surface area contributed by atoms with Gasteiger partial charge in [0.2, 0.25) is 5.91 Å². The SMILES string of the molecule is COc1ccc(NC(=O)CN2CCC(C(=O)O)C2)cc1. The zero-order chi connectivity index (χ0) is 14.5. The van der Waals surface area contributed by atoms with Gasteiger partial charge >= 0.3 is 5.97 Å². The van der Waals surface area contributed by atoms with Crippen molar-refractivity contribution in [2.24, 2.45) is 5.92 Å². The van der Waals surface area contributed by atoms with E-state index >= 15 is 0 Å². The van der Waals surface area contributed by atoms with Crippen LogP contribution < -0.4 is 10.1 Å². The number of anilines is 1. The first-order valence-electron chi connectivity index (χ1n) is 6.47. The van der Waals surface area contributed by atoms with Crippen molar-refractivity contribution in [1.82, 2.24) is 4.90 Å². The average molecular weight is 278 g/mol. The number of nitrogens with zero attached hydrogens (tertiary/aromatic N) is 1. The van der Waals surface area contributed by atoms with Crippen LogP contribution in [0.1, 0.15) is 6.42 Å². The summed E-state index contributed by atoms with van der Waals surface area (Å²) in [7, 11) is 1.58. The number of aliphatic carboxylic acids is 1. The van der Waals surface area contributed by atoms with E-state index in [4.69, 9.17) is 9.84 Å². The Hall–Kier alpha value is -2.08. The number of carboxylic acids is 1. The second-order valence-corrected chi connectivity index (χ2v) is 4.84. The molecular weight excluding hydrogens is 260 g/mol. The van der Waals surface area contributed by atoms with Crippen molar-refractivity contribution in [2.45, 2.75) is 6.42 Å². The van der Waals surface area contributed by atoms with Gasteiger partial charge < -0.3 is 15.2 Å². The molecule has 1 aliphatic heterocycles. The first-order chi connectivity index (χ1) is 9.58. The molecule has 2 rings (SSSR count). The van der Waals surface area contributed by atoms with Gasteiger partial charge in [-0.3, -0.25) is 14.5 Å². The fourth-order valence-corrected chi connectivity index (χ4v) is 2.26. The summed E-state index contributed by atoms with van der Waals surface area (Å²) in [6.07, 6.45) is 0.602. The van der Waals surface area contributed by atoms with Gasteiger partial charge in [-0.25, -0.2) is 0 Å². The van der Waals surface area contributed by atoms with Crippen LogP contribution in [-0.4, -0.2) is 48.6 Å². The molecule has 1 aliphatic rings. The lowest BCUT2D eigenvalue weighted by molar-refractivity contribution is -0.141. The van der Waals surface area contributed by atoms with Crippen LogP contribution in [0.5, 0.6) is 5.75 Å². The molecule has 20 heavy (non-hydrogen) atoms. The monoisotopic (exact) mass is 278 g/mol. The van der Waals surface area contributed by atoms with Crippen LogP contribution in [0.4, 0.5) is 5.69 Å². The summed E-state index contributed by atoms with van der Waals surface area (Å²) in [4.78, 5) is 24.6. The number of amides is 1.